The molecule has 2 aromatic carbocycles. The average molecular weight is 576 g/mol. The van der Waals surface area contributed by atoms with E-state index in [1.807, 2.05) is 7.05 Å². The molecule has 0 unspecified atom stereocenters. The molecule has 0 aliphatic carbocycles. The van der Waals surface area contributed by atoms with E-state index in [-0.39, 0.29) is 44.8 Å². The van der Waals surface area contributed by atoms with E-state index in [1.54, 1.807) is 12.1 Å². The van der Waals surface area contributed by atoms with Crippen LogP contribution in [0.1, 0.15) is 12.8 Å². The molecule has 13 heteroatoms. The van der Waals surface area contributed by atoms with Crippen molar-refractivity contribution in [2.24, 2.45) is 5.92 Å². The van der Waals surface area contributed by atoms with Crippen LogP contribution in [0.15, 0.2) is 52.3 Å². The zero-order chi connectivity index (χ0) is 26.1. The summed E-state index contributed by atoms with van der Waals surface area (Å²) in [5.41, 5.74) is 0.484. The summed E-state index contributed by atoms with van der Waals surface area (Å²) in [7, 11) is -5.46. The minimum Gasteiger partial charge on any atom is -0.326 e. The Morgan fingerprint density at radius 2 is 1.42 bits per heavy atom. The smallest absolute Gasteiger partial charge is 0.244 e. The molecule has 2 aromatic rings. The maximum Gasteiger partial charge on any atom is 0.244 e. The maximum absolute atomic E-state index is 13.0. The van der Waals surface area contributed by atoms with E-state index < -0.39 is 20.0 Å². The molecule has 2 aliphatic rings. The largest absolute Gasteiger partial charge is 0.326 e. The number of benzene rings is 2. The number of amides is 1. The molecule has 1 amide bonds. The van der Waals surface area contributed by atoms with Gasteiger partial charge in [0.2, 0.25) is 26.0 Å². The highest BCUT2D eigenvalue weighted by molar-refractivity contribution is 7.89. The summed E-state index contributed by atoms with van der Waals surface area (Å²) in [5, 5.41) is 3.18. The van der Waals surface area contributed by atoms with Gasteiger partial charge in [-0.25, -0.2) is 16.8 Å². The predicted molar refractivity (Wildman–Crippen MR) is 139 cm³/mol. The number of hydrogen-bond acceptors (Lipinski definition) is 6. The van der Waals surface area contributed by atoms with Gasteiger partial charge in [0.15, 0.2) is 0 Å². The van der Waals surface area contributed by atoms with Gasteiger partial charge in [0.25, 0.3) is 0 Å². The second kappa shape index (κ2) is 10.9. The predicted octanol–water partition coefficient (Wildman–Crippen LogP) is 2.97. The lowest BCUT2D eigenvalue weighted by molar-refractivity contribution is -0.120. The second-order valence-corrected chi connectivity index (χ2v) is 13.7. The summed E-state index contributed by atoms with van der Waals surface area (Å²) in [6.07, 6.45) is 0.693. The van der Waals surface area contributed by atoms with E-state index in [0.717, 1.165) is 0 Å². The summed E-state index contributed by atoms with van der Waals surface area (Å²) < 4.78 is 54.5. The fraction of sp³-hybridized carbons (Fsp3) is 0.435. The molecule has 0 bridgehead atoms. The molecule has 0 radical (unpaired) electrons. The summed E-state index contributed by atoms with van der Waals surface area (Å²) >= 11 is 12.0. The van der Waals surface area contributed by atoms with Gasteiger partial charge in [0, 0.05) is 55.9 Å². The molecule has 9 nitrogen and oxygen atoms in total. The molecule has 2 fully saturated rings. The van der Waals surface area contributed by atoms with Crippen molar-refractivity contribution in [3.05, 3.63) is 52.5 Å². The van der Waals surface area contributed by atoms with Crippen LogP contribution < -0.4 is 5.32 Å². The fourth-order valence-corrected chi connectivity index (χ4v) is 7.93. The molecule has 2 saturated heterocycles. The third-order valence-corrected chi connectivity index (χ3v) is 11.1. The van der Waals surface area contributed by atoms with Crippen molar-refractivity contribution in [1.82, 2.24) is 13.5 Å². The van der Waals surface area contributed by atoms with Gasteiger partial charge in [-0.2, -0.15) is 8.61 Å². The first-order chi connectivity index (χ1) is 17.0. The Morgan fingerprint density at radius 1 is 0.833 bits per heavy atom. The van der Waals surface area contributed by atoms with Crippen LogP contribution >= 0.6 is 23.2 Å². The van der Waals surface area contributed by atoms with Crippen LogP contribution in [0.4, 0.5) is 5.69 Å². The zero-order valence-electron chi connectivity index (χ0n) is 19.7. The molecule has 196 valence electrons. The van der Waals surface area contributed by atoms with Crippen molar-refractivity contribution < 1.29 is 21.6 Å². The van der Waals surface area contributed by atoms with Gasteiger partial charge >= 0.3 is 0 Å². The number of piperazine rings is 1. The standard InChI is InChI=1S/C23H28Cl2N4O5S2/c1-27-12-14-29(15-13-27)35(31,32)20-5-3-19(4-6-20)26-23(30)17-8-10-28(11-9-17)36(33,34)22-16-18(24)2-7-21(22)25/h2-7,16-17H,8-15H2,1H3,(H,26,30). The second-order valence-electron chi connectivity index (χ2n) is 8.97. The lowest BCUT2D eigenvalue weighted by Crippen LogP contribution is -2.46. The SMILES string of the molecule is CN1CCN(S(=O)(=O)c2ccc(NC(=O)C3CCN(S(=O)(=O)c4cc(Cl)ccc4Cl)CC3)cc2)CC1. The van der Waals surface area contributed by atoms with Crippen LogP contribution in [0, 0.1) is 5.92 Å². The quantitative estimate of drug-likeness (QED) is 0.568. The Hall–Kier alpha value is -1.73. The van der Waals surface area contributed by atoms with Gasteiger partial charge in [0.1, 0.15) is 4.90 Å². The monoisotopic (exact) mass is 574 g/mol. The third-order valence-electron chi connectivity index (χ3n) is 6.56. The van der Waals surface area contributed by atoms with E-state index in [9.17, 15) is 21.6 Å². The Bertz CT molecular complexity index is 1320. The van der Waals surface area contributed by atoms with E-state index in [4.69, 9.17) is 23.2 Å². The summed E-state index contributed by atoms with van der Waals surface area (Å²) in [6.45, 7) is 2.58. The number of halogens is 2. The molecule has 2 heterocycles. The Kier molecular flexibility index (Phi) is 8.30. The van der Waals surface area contributed by atoms with E-state index in [2.05, 4.69) is 10.2 Å². The average Bonchev–Trinajstić information content (AvgIpc) is 2.86. The Labute approximate surface area is 222 Å². The minimum absolute atomic E-state index is 0.0498. The number of hydrogen-bond donors (Lipinski definition) is 1. The summed E-state index contributed by atoms with van der Waals surface area (Å²) in [4.78, 5) is 15.0. The first-order valence-electron chi connectivity index (χ1n) is 11.5. The van der Waals surface area contributed by atoms with Crippen molar-refractivity contribution in [3.8, 4) is 0 Å². The molecule has 36 heavy (non-hydrogen) atoms. The van der Waals surface area contributed by atoms with Crippen LogP contribution in [0.5, 0.6) is 0 Å². The molecule has 0 atom stereocenters. The minimum atomic E-state index is -3.83. The summed E-state index contributed by atoms with van der Waals surface area (Å²) in [5.74, 6) is -0.609. The van der Waals surface area contributed by atoms with Crippen LogP contribution in [0.2, 0.25) is 10.0 Å². The van der Waals surface area contributed by atoms with Gasteiger partial charge in [-0.15, -0.1) is 0 Å². The van der Waals surface area contributed by atoms with Crippen molar-refractivity contribution in [3.63, 3.8) is 0 Å². The van der Waals surface area contributed by atoms with Crippen molar-refractivity contribution in [2.45, 2.75) is 22.6 Å². The van der Waals surface area contributed by atoms with Gasteiger partial charge < -0.3 is 10.2 Å². The van der Waals surface area contributed by atoms with Crippen LogP contribution in [0.3, 0.4) is 0 Å². The number of sulfonamides is 2. The first-order valence-corrected chi connectivity index (χ1v) is 15.2. The summed E-state index contributed by atoms with van der Waals surface area (Å²) in [6, 6.07) is 10.4. The van der Waals surface area contributed by atoms with Gasteiger partial charge in [0.05, 0.1) is 9.92 Å². The molecular weight excluding hydrogens is 547 g/mol. The Balaban J connectivity index is 1.35. The van der Waals surface area contributed by atoms with Gasteiger partial charge in [-0.1, -0.05) is 23.2 Å². The number of nitrogens with zero attached hydrogens (tertiary/aromatic N) is 3. The molecule has 0 spiro atoms. The van der Waals surface area contributed by atoms with Crippen molar-refractivity contribution >= 4 is 54.8 Å². The maximum atomic E-state index is 13.0. The topological polar surface area (TPSA) is 107 Å². The highest BCUT2D eigenvalue weighted by atomic mass is 35.5. The van der Waals surface area contributed by atoms with Crippen LogP contribution in [-0.2, 0) is 24.8 Å². The normalized spacial score (nSPS) is 19.3. The molecular formula is C23H28Cl2N4O5S2. The van der Waals surface area contributed by atoms with Crippen LogP contribution in [-0.4, -0.2) is 82.6 Å². The number of carbonyl (C=O) groups is 1. The zero-order valence-corrected chi connectivity index (χ0v) is 22.9. The van der Waals surface area contributed by atoms with Crippen LogP contribution in [0.25, 0.3) is 0 Å². The number of rotatable bonds is 6. The highest BCUT2D eigenvalue weighted by Crippen LogP contribution is 2.31. The lowest BCUT2D eigenvalue weighted by atomic mass is 9.97. The molecule has 2 aliphatic heterocycles. The van der Waals surface area contributed by atoms with Crippen molar-refractivity contribution in [1.29, 1.82) is 0 Å². The number of piperidine rings is 1. The molecule has 1 N–H and O–H groups in total. The number of anilines is 1. The number of nitrogens with one attached hydrogen (secondary N) is 1. The number of likely N-dealkylation sites (N-methyl/N-ethyl adjacent to an activating group) is 1. The highest BCUT2D eigenvalue weighted by Gasteiger charge is 2.33. The van der Waals surface area contributed by atoms with E-state index in [1.165, 1.54) is 38.9 Å². The molecule has 0 saturated carbocycles. The van der Waals surface area contributed by atoms with Gasteiger partial charge in [-0.05, 0) is 62.4 Å². The van der Waals surface area contributed by atoms with Crippen molar-refractivity contribution in [2.75, 3.05) is 51.6 Å². The third kappa shape index (κ3) is 5.88. The Morgan fingerprint density at radius 3 is 2.03 bits per heavy atom. The van der Waals surface area contributed by atoms with E-state index >= 15 is 0 Å². The fourth-order valence-electron chi connectivity index (χ4n) is 4.30. The van der Waals surface area contributed by atoms with Gasteiger partial charge in [-0.3, -0.25) is 4.79 Å². The number of carbonyl (C=O) groups excluding carboxylic acids is 1. The molecule has 0 aromatic heterocycles. The lowest BCUT2D eigenvalue weighted by Gasteiger charge is -2.31. The molecule has 4 rings (SSSR count). The van der Waals surface area contributed by atoms with E-state index in [0.29, 0.717) is 44.7 Å². The first kappa shape index (κ1) is 27.3.